The molecule has 14 heavy (non-hydrogen) atoms. The first kappa shape index (κ1) is 10.5. The fourth-order valence-corrected chi connectivity index (χ4v) is 0.832. The molecule has 0 aromatic heterocycles. The van der Waals surface area contributed by atoms with Gasteiger partial charge in [-0.05, 0) is 18.6 Å². The number of halogens is 1. The zero-order valence-corrected chi connectivity index (χ0v) is 7.83. The van der Waals surface area contributed by atoms with Gasteiger partial charge >= 0.3 is 6.16 Å². The largest absolute Gasteiger partial charge is 0.513 e. The minimum absolute atomic E-state index is 0.117. The molecule has 0 atom stereocenters. The van der Waals surface area contributed by atoms with Gasteiger partial charge in [-0.2, -0.15) is 0 Å². The van der Waals surface area contributed by atoms with Crippen molar-refractivity contribution in [1.29, 1.82) is 0 Å². The van der Waals surface area contributed by atoms with E-state index >= 15 is 0 Å². The smallest absolute Gasteiger partial charge is 0.434 e. The second-order valence-electron chi connectivity index (χ2n) is 2.63. The molecule has 0 fully saturated rings. The van der Waals surface area contributed by atoms with Gasteiger partial charge in [-0.25, -0.2) is 9.18 Å². The third kappa shape index (κ3) is 3.05. The number of carbonyl (C=O) groups excluding carboxylic acids is 1. The van der Waals surface area contributed by atoms with Crippen molar-refractivity contribution in [3.63, 3.8) is 0 Å². The Balaban J connectivity index is 2.52. The van der Waals surface area contributed by atoms with Crippen molar-refractivity contribution >= 4 is 6.16 Å². The Bertz CT molecular complexity index is 312. The minimum atomic E-state index is -0.878. The molecule has 4 heteroatoms. The molecule has 0 saturated heterocycles. The lowest BCUT2D eigenvalue weighted by atomic mass is 10.3. The molecule has 0 N–H and O–H groups in total. The summed E-state index contributed by atoms with van der Waals surface area (Å²) < 4.78 is 22.2. The van der Waals surface area contributed by atoms with E-state index in [0.717, 1.165) is 0 Å². The zero-order valence-electron chi connectivity index (χ0n) is 7.83. The first-order chi connectivity index (χ1) is 6.74. The van der Waals surface area contributed by atoms with Crippen LogP contribution in [0.15, 0.2) is 24.3 Å². The molecule has 76 valence electrons. The van der Waals surface area contributed by atoms with E-state index in [4.69, 9.17) is 0 Å². The number of carbonyl (C=O) groups is 1. The summed E-state index contributed by atoms with van der Waals surface area (Å²) in [5.41, 5.74) is 0. The predicted molar refractivity (Wildman–Crippen MR) is 48.7 cm³/mol. The molecular weight excluding hydrogens is 187 g/mol. The lowest BCUT2D eigenvalue weighted by molar-refractivity contribution is 0.0977. The third-order valence-corrected chi connectivity index (χ3v) is 1.45. The van der Waals surface area contributed by atoms with Crippen molar-refractivity contribution in [3.8, 4) is 5.75 Å². The van der Waals surface area contributed by atoms with Crippen LogP contribution in [-0.2, 0) is 4.74 Å². The Labute approximate surface area is 81.4 Å². The lowest BCUT2D eigenvalue weighted by Crippen LogP contribution is -2.11. The van der Waals surface area contributed by atoms with Crippen LogP contribution >= 0.6 is 0 Å². The van der Waals surface area contributed by atoms with Crippen LogP contribution in [0.4, 0.5) is 9.18 Å². The maximum atomic E-state index is 12.9. The maximum Gasteiger partial charge on any atom is 0.513 e. The van der Waals surface area contributed by atoms with Crippen molar-refractivity contribution < 1.29 is 18.7 Å². The second-order valence-corrected chi connectivity index (χ2v) is 2.63. The van der Waals surface area contributed by atoms with Gasteiger partial charge in [-0.15, -0.1) is 0 Å². The summed E-state index contributed by atoms with van der Waals surface area (Å²) in [5, 5.41) is 0. The summed E-state index contributed by atoms with van der Waals surface area (Å²) in [6.07, 6.45) is -0.177. The molecule has 0 spiro atoms. The van der Waals surface area contributed by atoms with Gasteiger partial charge in [-0.1, -0.05) is 19.1 Å². The Morgan fingerprint density at radius 2 is 2.14 bits per heavy atom. The maximum absolute atomic E-state index is 12.9. The average Bonchev–Trinajstić information content (AvgIpc) is 2.18. The summed E-state index contributed by atoms with van der Waals surface area (Å²) in [6, 6.07) is 5.66. The molecular formula is C10H11FO3. The molecule has 3 nitrogen and oxygen atoms in total. The van der Waals surface area contributed by atoms with Crippen molar-refractivity contribution in [2.24, 2.45) is 0 Å². The molecule has 1 aromatic rings. The number of rotatable bonds is 3. The molecule has 0 saturated carbocycles. The molecule has 0 bridgehead atoms. The standard InChI is InChI=1S/C10H11FO3/c1-2-7-13-10(12)14-9-6-4-3-5-8(9)11/h3-6H,2,7H2,1H3. The summed E-state index contributed by atoms with van der Waals surface area (Å²) in [6.45, 7) is 2.13. The topological polar surface area (TPSA) is 35.5 Å². The van der Waals surface area contributed by atoms with Crippen LogP contribution in [0, 0.1) is 5.82 Å². The average molecular weight is 198 g/mol. The highest BCUT2D eigenvalue weighted by Gasteiger charge is 2.08. The summed E-state index contributed by atoms with van der Waals surface area (Å²) in [4.78, 5) is 10.9. The minimum Gasteiger partial charge on any atom is -0.434 e. The predicted octanol–water partition coefficient (Wildman–Crippen LogP) is 2.75. The van der Waals surface area contributed by atoms with Crippen molar-refractivity contribution in [2.45, 2.75) is 13.3 Å². The number of hydrogen-bond acceptors (Lipinski definition) is 3. The van der Waals surface area contributed by atoms with Gasteiger partial charge in [0.25, 0.3) is 0 Å². The quantitative estimate of drug-likeness (QED) is 0.553. The molecule has 0 heterocycles. The van der Waals surface area contributed by atoms with E-state index in [0.29, 0.717) is 6.42 Å². The number of ether oxygens (including phenoxy) is 2. The van der Waals surface area contributed by atoms with Gasteiger partial charge in [-0.3, -0.25) is 0 Å². The van der Waals surface area contributed by atoms with Crippen LogP contribution in [0.25, 0.3) is 0 Å². The van der Waals surface area contributed by atoms with Crippen molar-refractivity contribution in [3.05, 3.63) is 30.1 Å². The van der Waals surface area contributed by atoms with E-state index in [1.807, 2.05) is 6.92 Å². The number of para-hydroxylation sites is 1. The summed E-state index contributed by atoms with van der Waals surface area (Å²) in [7, 11) is 0. The molecule has 0 aliphatic rings. The van der Waals surface area contributed by atoms with Crippen LogP contribution < -0.4 is 4.74 Å². The second kappa shape index (κ2) is 5.21. The Kier molecular flexibility index (Phi) is 3.91. The Hall–Kier alpha value is -1.58. The van der Waals surface area contributed by atoms with Crippen molar-refractivity contribution in [1.82, 2.24) is 0 Å². The molecule has 1 aromatic carbocycles. The van der Waals surface area contributed by atoms with E-state index in [9.17, 15) is 9.18 Å². The van der Waals surface area contributed by atoms with Crippen molar-refractivity contribution in [2.75, 3.05) is 6.61 Å². The van der Waals surface area contributed by atoms with E-state index in [2.05, 4.69) is 9.47 Å². The normalized spacial score (nSPS) is 9.57. The van der Waals surface area contributed by atoms with E-state index in [1.54, 1.807) is 6.07 Å². The van der Waals surface area contributed by atoms with Gasteiger partial charge in [0.2, 0.25) is 0 Å². The highest BCUT2D eigenvalue weighted by molar-refractivity contribution is 5.63. The van der Waals surface area contributed by atoms with Crippen LogP contribution in [0.5, 0.6) is 5.75 Å². The third-order valence-electron chi connectivity index (χ3n) is 1.45. The molecule has 0 unspecified atom stereocenters. The summed E-state index contributed by atoms with van der Waals surface area (Å²) in [5.74, 6) is -0.699. The molecule has 0 amide bonds. The molecule has 0 aliphatic heterocycles. The van der Waals surface area contributed by atoms with Gasteiger partial charge < -0.3 is 9.47 Å². The lowest BCUT2D eigenvalue weighted by Gasteiger charge is -2.04. The SMILES string of the molecule is CCCOC(=O)Oc1ccccc1F. The number of benzene rings is 1. The Morgan fingerprint density at radius 1 is 1.43 bits per heavy atom. The van der Waals surface area contributed by atoms with E-state index in [-0.39, 0.29) is 12.4 Å². The fraction of sp³-hybridized carbons (Fsp3) is 0.300. The van der Waals surface area contributed by atoms with Gasteiger partial charge in [0, 0.05) is 0 Å². The van der Waals surface area contributed by atoms with Crippen LogP contribution in [0.1, 0.15) is 13.3 Å². The van der Waals surface area contributed by atoms with Gasteiger partial charge in [0.1, 0.15) is 0 Å². The first-order valence-corrected chi connectivity index (χ1v) is 4.33. The van der Waals surface area contributed by atoms with E-state index in [1.165, 1.54) is 18.2 Å². The number of hydrogen-bond donors (Lipinski definition) is 0. The Morgan fingerprint density at radius 3 is 2.79 bits per heavy atom. The molecule has 0 aliphatic carbocycles. The molecule has 1 rings (SSSR count). The van der Waals surface area contributed by atoms with Crippen LogP contribution in [0.2, 0.25) is 0 Å². The van der Waals surface area contributed by atoms with Crippen LogP contribution in [-0.4, -0.2) is 12.8 Å². The van der Waals surface area contributed by atoms with Crippen LogP contribution in [0.3, 0.4) is 0 Å². The van der Waals surface area contributed by atoms with E-state index < -0.39 is 12.0 Å². The monoisotopic (exact) mass is 198 g/mol. The van der Waals surface area contributed by atoms with Gasteiger partial charge in [0.05, 0.1) is 6.61 Å². The van der Waals surface area contributed by atoms with Gasteiger partial charge in [0.15, 0.2) is 11.6 Å². The molecule has 0 radical (unpaired) electrons. The summed E-state index contributed by atoms with van der Waals surface area (Å²) >= 11 is 0. The zero-order chi connectivity index (χ0) is 10.4. The highest BCUT2D eigenvalue weighted by Crippen LogP contribution is 2.15. The first-order valence-electron chi connectivity index (χ1n) is 4.33. The fourth-order valence-electron chi connectivity index (χ4n) is 0.832. The highest BCUT2D eigenvalue weighted by atomic mass is 19.1.